The van der Waals surface area contributed by atoms with Gasteiger partial charge < -0.3 is 4.40 Å². The van der Waals surface area contributed by atoms with E-state index < -0.39 is 0 Å². The van der Waals surface area contributed by atoms with Crippen LogP contribution in [0.25, 0.3) is 5.52 Å². The lowest BCUT2D eigenvalue weighted by atomic mass is 10.6. The number of fused-ring (bicyclic) bond motifs is 1. The first-order chi connectivity index (χ1) is 4.47. The Morgan fingerprint density at radius 2 is 1.82 bits per heavy atom. The lowest BCUT2D eigenvalue weighted by Gasteiger charge is -1.86. The van der Waals surface area contributed by atoms with E-state index in [0.717, 1.165) is 5.52 Å². The summed E-state index contributed by atoms with van der Waals surface area (Å²) in [5.74, 6) is 0. The molecule has 0 bridgehead atoms. The highest BCUT2D eigenvalue weighted by Crippen LogP contribution is 1.95. The van der Waals surface area contributed by atoms with Crippen molar-refractivity contribution in [2.45, 2.75) is 0 Å². The highest BCUT2D eigenvalue weighted by molar-refractivity contribution is 5.85. The fourth-order valence-electron chi connectivity index (χ4n) is 0.769. The average Bonchev–Trinajstić information content (AvgIpc) is 2.33. The van der Waals surface area contributed by atoms with Crippen molar-refractivity contribution in [3.63, 3.8) is 0 Å². The first kappa shape index (κ1) is 10.2. The van der Waals surface area contributed by atoms with Crippen LogP contribution in [0.1, 0.15) is 0 Å². The molecular weight excluding hydrogens is 185 g/mol. The molecule has 0 saturated heterocycles. The lowest BCUT2D eigenvalue weighted by molar-refractivity contribution is 1.11. The monoisotopic (exact) mass is 191 g/mol. The Morgan fingerprint density at radius 3 is 2.55 bits per heavy atom. The summed E-state index contributed by atoms with van der Waals surface area (Å²) in [5.41, 5.74) is 1.03. The molecule has 0 fully saturated rings. The number of hydrogen-bond acceptors (Lipinski definition) is 2. The molecule has 0 saturated carbocycles. The van der Waals surface area contributed by atoms with Crippen LogP contribution in [0.4, 0.5) is 0 Å². The Hall–Kier alpha value is -0.800. The quantitative estimate of drug-likeness (QED) is 0.634. The number of hydrogen-bond donors (Lipinski definition) is 0. The van der Waals surface area contributed by atoms with Gasteiger partial charge in [0.05, 0.1) is 24.2 Å². The maximum Gasteiger partial charge on any atom is 0.0992 e. The van der Waals surface area contributed by atoms with E-state index >= 15 is 0 Å². The largest absolute Gasteiger partial charge is 0.303 e. The molecule has 0 amide bonds. The summed E-state index contributed by atoms with van der Waals surface area (Å²) in [4.78, 5) is 7.85. The summed E-state index contributed by atoms with van der Waals surface area (Å²) in [6.07, 6.45) is 8.88. The third kappa shape index (κ3) is 1.82. The molecule has 60 valence electrons. The van der Waals surface area contributed by atoms with Crippen molar-refractivity contribution >= 4 is 30.3 Å². The molecule has 3 nitrogen and oxygen atoms in total. The highest BCUT2D eigenvalue weighted by atomic mass is 35.5. The van der Waals surface area contributed by atoms with Gasteiger partial charge in [-0.2, -0.15) is 0 Å². The van der Waals surface area contributed by atoms with Crippen LogP contribution in [-0.2, 0) is 0 Å². The zero-order chi connectivity index (χ0) is 6.10. The number of rotatable bonds is 0. The van der Waals surface area contributed by atoms with Crippen molar-refractivity contribution in [3.8, 4) is 0 Å². The van der Waals surface area contributed by atoms with E-state index in [0.29, 0.717) is 0 Å². The minimum Gasteiger partial charge on any atom is -0.303 e. The standard InChI is InChI=1S/C6H5N3.2ClH/c1-2-9-5-8-4-6(9)3-7-1;;/h1-5H;2*1H. The summed E-state index contributed by atoms with van der Waals surface area (Å²) in [5, 5.41) is 0. The molecule has 2 aromatic heterocycles. The molecule has 2 aromatic rings. The van der Waals surface area contributed by atoms with Gasteiger partial charge in [-0.05, 0) is 0 Å². The van der Waals surface area contributed by atoms with Crippen LogP contribution < -0.4 is 0 Å². The van der Waals surface area contributed by atoms with E-state index in [1.54, 1.807) is 24.9 Å². The first-order valence-corrected chi connectivity index (χ1v) is 2.68. The molecule has 2 heterocycles. The summed E-state index contributed by atoms with van der Waals surface area (Å²) in [6.45, 7) is 0. The number of aromatic nitrogens is 3. The second kappa shape index (κ2) is 4.16. The topological polar surface area (TPSA) is 30.2 Å². The van der Waals surface area contributed by atoms with Gasteiger partial charge in [-0.25, -0.2) is 4.98 Å². The van der Waals surface area contributed by atoms with E-state index in [9.17, 15) is 0 Å². The molecule has 0 atom stereocenters. The van der Waals surface area contributed by atoms with E-state index in [1.807, 2.05) is 10.6 Å². The predicted molar refractivity (Wildman–Crippen MR) is 47.5 cm³/mol. The Morgan fingerprint density at radius 1 is 1.09 bits per heavy atom. The summed E-state index contributed by atoms with van der Waals surface area (Å²) < 4.78 is 1.91. The van der Waals surface area contributed by atoms with Crippen LogP contribution in [0, 0.1) is 0 Å². The van der Waals surface area contributed by atoms with E-state index in [2.05, 4.69) is 9.97 Å². The Balaban J connectivity index is 0.000000500. The molecule has 11 heavy (non-hydrogen) atoms. The van der Waals surface area contributed by atoms with Crippen molar-refractivity contribution in [2.24, 2.45) is 0 Å². The Bertz CT molecular complexity index is 290. The second-order valence-electron chi connectivity index (χ2n) is 1.80. The summed E-state index contributed by atoms with van der Waals surface area (Å²) in [7, 11) is 0. The lowest BCUT2D eigenvalue weighted by Crippen LogP contribution is -1.79. The van der Waals surface area contributed by atoms with Crippen molar-refractivity contribution in [2.75, 3.05) is 0 Å². The van der Waals surface area contributed by atoms with Crippen molar-refractivity contribution in [1.29, 1.82) is 0 Å². The van der Waals surface area contributed by atoms with Crippen LogP contribution in [0.5, 0.6) is 0 Å². The van der Waals surface area contributed by atoms with Gasteiger partial charge in [0, 0.05) is 12.4 Å². The fourth-order valence-corrected chi connectivity index (χ4v) is 0.769. The second-order valence-corrected chi connectivity index (χ2v) is 1.80. The number of nitrogens with zero attached hydrogens (tertiary/aromatic N) is 3. The van der Waals surface area contributed by atoms with Gasteiger partial charge in [-0.3, -0.25) is 4.98 Å². The van der Waals surface area contributed by atoms with Gasteiger partial charge in [-0.15, -0.1) is 24.8 Å². The van der Waals surface area contributed by atoms with Gasteiger partial charge in [-0.1, -0.05) is 0 Å². The SMILES string of the molecule is Cl.Cl.c1cn2cncc2cn1. The minimum atomic E-state index is 0. The first-order valence-electron chi connectivity index (χ1n) is 2.68. The maximum absolute atomic E-state index is 3.92. The minimum absolute atomic E-state index is 0. The van der Waals surface area contributed by atoms with Gasteiger partial charge in [0.1, 0.15) is 0 Å². The number of imidazole rings is 1. The summed E-state index contributed by atoms with van der Waals surface area (Å²) in [6, 6.07) is 0. The van der Waals surface area contributed by atoms with E-state index in [1.165, 1.54) is 0 Å². The fraction of sp³-hybridized carbons (Fsp3) is 0. The molecule has 0 aliphatic heterocycles. The van der Waals surface area contributed by atoms with E-state index in [4.69, 9.17) is 0 Å². The van der Waals surface area contributed by atoms with Crippen molar-refractivity contribution < 1.29 is 0 Å². The van der Waals surface area contributed by atoms with Crippen molar-refractivity contribution in [3.05, 3.63) is 31.1 Å². The molecule has 5 heteroatoms. The molecule has 0 aromatic carbocycles. The Labute approximate surface area is 76.3 Å². The number of halogens is 2. The van der Waals surface area contributed by atoms with Crippen LogP contribution >= 0.6 is 24.8 Å². The maximum atomic E-state index is 3.92. The molecule has 0 unspecified atom stereocenters. The Kier molecular flexibility index (Phi) is 3.85. The predicted octanol–water partition coefficient (Wildman–Crippen LogP) is 1.57. The van der Waals surface area contributed by atoms with Crippen molar-refractivity contribution in [1.82, 2.24) is 14.4 Å². The van der Waals surface area contributed by atoms with Gasteiger partial charge in [0.25, 0.3) is 0 Å². The van der Waals surface area contributed by atoms with Crippen LogP contribution in [0.2, 0.25) is 0 Å². The molecule has 0 radical (unpaired) electrons. The van der Waals surface area contributed by atoms with Gasteiger partial charge in [0.2, 0.25) is 0 Å². The smallest absolute Gasteiger partial charge is 0.0992 e. The molecule has 0 aliphatic carbocycles. The van der Waals surface area contributed by atoms with Crippen LogP contribution in [0.3, 0.4) is 0 Å². The molecular formula is C6H7Cl2N3. The van der Waals surface area contributed by atoms with Crippen LogP contribution in [0.15, 0.2) is 31.1 Å². The molecule has 0 aliphatic rings. The highest BCUT2D eigenvalue weighted by Gasteiger charge is 1.86. The third-order valence-electron chi connectivity index (χ3n) is 1.22. The van der Waals surface area contributed by atoms with Gasteiger partial charge in [0.15, 0.2) is 0 Å². The van der Waals surface area contributed by atoms with Crippen LogP contribution in [-0.4, -0.2) is 14.4 Å². The molecule has 0 N–H and O–H groups in total. The normalized spacial score (nSPS) is 8.36. The molecule has 2 rings (SSSR count). The van der Waals surface area contributed by atoms with Gasteiger partial charge >= 0.3 is 0 Å². The summed E-state index contributed by atoms with van der Waals surface area (Å²) >= 11 is 0. The zero-order valence-corrected chi connectivity index (χ0v) is 7.18. The zero-order valence-electron chi connectivity index (χ0n) is 5.54. The third-order valence-corrected chi connectivity index (χ3v) is 1.22. The molecule has 0 spiro atoms. The average molecular weight is 192 g/mol. The van der Waals surface area contributed by atoms with E-state index in [-0.39, 0.29) is 24.8 Å².